The molecule has 1 aromatic heterocycles. The summed E-state index contributed by atoms with van der Waals surface area (Å²) < 4.78 is 5.23. The lowest BCUT2D eigenvalue weighted by molar-refractivity contribution is 0.150. The molecule has 25 heavy (non-hydrogen) atoms. The monoisotopic (exact) mass is 460 g/mol. The van der Waals surface area contributed by atoms with Crippen molar-refractivity contribution in [1.29, 1.82) is 0 Å². The zero-order chi connectivity index (χ0) is 16.9. The lowest BCUT2D eigenvalue weighted by atomic mass is 9.69. The normalized spacial score (nSPS) is 26.5. The maximum absolute atomic E-state index is 5.23. The van der Waals surface area contributed by atoms with Crippen LogP contribution in [0.5, 0.6) is 0 Å². The van der Waals surface area contributed by atoms with Crippen molar-refractivity contribution < 1.29 is 4.52 Å². The Hall–Kier alpha value is -0.790. The Balaban J connectivity index is 0.00000225. The third kappa shape index (κ3) is 5.34. The van der Waals surface area contributed by atoms with E-state index in [1.807, 2.05) is 20.9 Å². The number of nitrogens with zero attached hydrogens (tertiary/aromatic N) is 2. The Kier molecular flexibility index (Phi) is 8.03. The van der Waals surface area contributed by atoms with Crippen molar-refractivity contribution in [2.24, 2.45) is 16.8 Å². The van der Waals surface area contributed by atoms with Gasteiger partial charge in [0.2, 0.25) is 0 Å². The van der Waals surface area contributed by atoms with Gasteiger partial charge in [-0.1, -0.05) is 30.8 Å². The number of halogens is 1. The SMILES string of the molecule is CN=C(NCCc1c(C)noc1C)NC1CCC2CCCCC2C1.I. The lowest BCUT2D eigenvalue weighted by Gasteiger charge is -2.39. The molecule has 0 amide bonds. The highest BCUT2D eigenvalue weighted by atomic mass is 127. The number of aliphatic imine (C=N–C) groups is 1. The molecule has 1 aromatic rings. The molecule has 1 heterocycles. The van der Waals surface area contributed by atoms with Crippen LogP contribution in [-0.2, 0) is 6.42 Å². The van der Waals surface area contributed by atoms with Gasteiger partial charge in [0.15, 0.2) is 5.96 Å². The maximum atomic E-state index is 5.23. The van der Waals surface area contributed by atoms with E-state index in [0.717, 1.165) is 42.2 Å². The van der Waals surface area contributed by atoms with Crippen molar-refractivity contribution >= 4 is 29.9 Å². The largest absolute Gasteiger partial charge is 0.361 e. The van der Waals surface area contributed by atoms with Crippen molar-refractivity contribution in [3.63, 3.8) is 0 Å². The van der Waals surface area contributed by atoms with E-state index in [2.05, 4.69) is 20.8 Å². The standard InChI is InChI=1S/C19H32N4O.HI/c1-13-18(14(2)24-23-13)10-11-21-19(20-3)22-17-9-8-15-6-4-5-7-16(15)12-17;/h15-17H,4-12H2,1-3H3,(H2,20,21,22);1H. The van der Waals surface area contributed by atoms with E-state index in [-0.39, 0.29) is 24.0 Å². The summed E-state index contributed by atoms with van der Waals surface area (Å²) in [7, 11) is 1.86. The van der Waals surface area contributed by atoms with E-state index in [0.29, 0.717) is 6.04 Å². The smallest absolute Gasteiger partial charge is 0.191 e. The van der Waals surface area contributed by atoms with E-state index in [1.165, 1.54) is 50.5 Å². The topological polar surface area (TPSA) is 62.5 Å². The summed E-state index contributed by atoms with van der Waals surface area (Å²) in [6, 6.07) is 0.578. The van der Waals surface area contributed by atoms with Crippen LogP contribution in [0.15, 0.2) is 9.52 Å². The molecule has 142 valence electrons. The summed E-state index contributed by atoms with van der Waals surface area (Å²) in [5.74, 6) is 3.78. The predicted octanol–water partition coefficient (Wildman–Crippen LogP) is 3.98. The molecule has 3 rings (SSSR count). The zero-order valence-electron chi connectivity index (χ0n) is 15.8. The highest BCUT2D eigenvalue weighted by molar-refractivity contribution is 14.0. The number of aryl methyl sites for hydroxylation is 2. The Bertz CT molecular complexity index is 552. The second-order valence-corrected chi connectivity index (χ2v) is 7.51. The first-order valence-electron chi connectivity index (χ1n) is 9.56. The molecular formula is C19H33IN4O. The summed E-state index contributed by atoms with van der Waals surface area (Å²) in [4.78, 5) is 4.41. The van der Waals surface area contributed by atoms with Gasteiger partial charge >= 0.3 is 0 Å². The molecule has 0 aliphatic heterocycles. The number of guanidine groups is 1. The second-order valence-electron chi connectivity index (χ2n) is 7.51. The molecule has 3 atom stereocenters. The Morgan fingerprint density at radius 2 is 1.92 bits per heavy atom. The number of hydrogen-bond donors (Lipinski definition) is 2. The molecule has 2 saturated carbocycles. The van der Waals surface area contributed by atoms with Crippen LogP contribution in [0.1, 0.15) is 62.0 Å². The van der Waals surface area contributed by atoms with Gasteiger partial charge < -0.3 is 15.2 Å². The quantitative estimate of drug-likeness (QED) is 0.406. The first kappa shape index (κ1) is 20.5. The number of hydrogen-bond acceptors (Lipinski definition) is 3. The number of rotatable bonds is 4. The lowest BCUT2D eigenvalue weighted by Crippen LogP contribution is -2.47. The van der Waals surface area contributed by atoms with Crippen molar-refractivity contribution in [3.8, 4) is 0 Å². The maximum Gasteiger partial charge on any atom is 0.191 e. The summed E-state index contributed by atoms with van der Waals surface area (Å²) in [6.45, 7) is 4.83. The molecule has 2 aliphatic rings. The Morgan fingerprint density at radius 1 is 1.16 bits per heavy atom. The fourth-order valence-corrected chi connectivity index (χ4v) is 4.56. The molecule has 0 bridgehead atoms. The first-order valence-corrected chi connectivity index (χ1v) is 9.56. The molecule has 2 aliphatic carbocycles. The number of fused-ring (bicyclic) bond motifs is 1. The molecular weight excluding hydrogens is 427 g/mol. The number of nitrogens with one attached hydrogen (secondary N) is 2. The van der Waals surface area contributed by atoms with E-state index in [1.54, 1.807) is 0 Å². The average molecular weight is 460 g/mol. The predicted molar refractivity (Wildman–Crippen MR) is 113 cm³/mol. The first-order chi connectivity index (χ1) is 11.7. The van der Waals surface area contributed by atoms with Gasteiger partial charge in [-0.25, -0.2) is 0 Å². The van der Waals surface area contributed by atoms with E-state index >= 15 is 0 Å². The summed E-state index contributed by atoms with van der Waals surface area (Å²) in [5, 5.41) is 11.1. The van der Waals surface area contributed by atoms with Crippen LogP contribution in [0.2, 0.25) is 0 Å². The highest BCUT2D eigenvalue weighted by Crippen LogP contribution is 2.40. The summed E-state index contributed by atoms with van der Waals surface area (Å²) in [5.41, 5.74) is 2.20. The van der Waals surface area contributed by atoms with E-state index in [4.69, 9.17) is 4.52 Å². The molecule has 0 saturated heterocycles. The Morgan fingerprint density at radius 3 is 2.60 bits per heavy atom. The summed E-state index contributed by atoms with van der Waals surface area (Å²) in [6.07, 6.45) is 10.7. The molecule has 0 spiro atoms. The molecule has 0 aromatic carbocycles. The fourth-order valence-electron chi connectivity index (χ4n) is 4.56. The van der Waals surface area contributed by atoms with Gasteiger partial charge in [-0.15, -0.1) is 24.0 Å². The minimum Gasteiger partial charge on any atom is -0.361 e. The third-order valence-electron chi connectivity index (χ3n) is 5.95. The molecule has 2 N–H and O–H groups in total. The minimum atomic E-state index is 0. The van der Waals surface area contributed by atoms with Crippen LogP contribution >= 0.6 is 24.0 Å². The molecule has 6 heteroatoms. The van der Waals surface area contributed by atoms with Crippen molar-refractivity contribution in [1.82, 2.24) is 15.8 Å². The van der Waals surface area contributed by atoms with Gasteiger partial charge in [-0.2, -0.15) is 0 Å². The molecule has 5 nitrogen and oxygen atoms in total. The van der Waals surface area contributed by atoms with Gasteiger partial charge in [-0.3, -0.25) is 4.99 Å². The second kappa shape index (κ2) is 9.78. The van der Waals surface area contributed by atoms with Crippen molar-refractivity contribution in [3.05, 3.63) is 17.0 Å². The Labute approximate surface area is 168 Å². The van der Waals surface area contributed by atoms with Crippen LogP contribution in [0.25, 0.3) is 0 Å². The van der Waals surface area contributed by atoms with Gasteiger partial charge in [0.05, 0.1) is 5.69 Å². The third-order valence-corrected chi connectivity index (χ3v) is 5.95. The van der Waals surface area contributed by atoms with Crippen molar-refractivity contribution in [2.45, 2.75) is 71.3 Å². The van der Waals surface area contributed by atoms with Crippen LogP contribution < -0.4 is 10.6 Å². The molecule has 0 radical (unpaired) electrons. The number of aromatic nitrogens is 1. The van der Waals surface area contributed by atoms with Gasteiger partial charge in [0.1, 0.15) is 5.76 Å². The van der Waals surface area contributed by atoms with E-state index in [9.17, 15) is 0 Å². The highest BCUT2D eigenvalue weighted by Gasteiger charge is 2.32. The van der Waals surface area contributed by atoms with Crippen molar-refractivity contribution in [2.75, 3.05) is 13.6 Å². The van der Waals surface area contributed by atoms with Crippen LogP contribution in [-0.4, -0.2) is 30.8 Å². The minimum absolute atomic E-state index is 0. The average Bonchev–Trinajstić information content (AvgIpc) is 2.92. The summed E-state index contributed by atoms with van der Waals surface area (Å²) >= 11 is 0. The van der Waals surface area contributed by atoms with Crippen LogP contribution in [0, 0.1) is 25.7 Å². The van der Waals surface area contributed by atoms with Gasteiger partial charge in [-0.05, 0) is 51.4 Å². The van der Waals surface area contributed by atoms with E-state index < -0.39 is 0 Å². The molecule has 2 fully saturated rings. The van der Waals surface area contributed by atoms with Gasteiger partial charge in [0.25, 0.3) is 0 Å². The van der Waals surface area contributed by atoms with Crippen LogP contribution in [0.3, 0.4) is 0 Å². The molecule has 3 unspecified atom stereocenters. The van der Waals surface area contributed by atoms with Gasteiger partial charge in [0, 0.05) is 25.2 Å². The fraction of sp³-hybridized carbons (Fsp3) is 0.789. The van der Waals surface area contributed by atoms with Crippen LogP contribution in [0.4, 0.5) is 0 Å². The zero-order valence-corrected chi connectivity index (χ0v) is 18.1.